The van der Waals surface area contributed by atoms with Crippen LogP contribution in [0.3, 0.4) is 0 Å². The van der Waals surface area contributed by atoms with Crippen molar-refractivity contribution in [3.8, 4) is 11.3 Å². The largest absolute Gasteiger partial charge is 0.377 e. The second-order valence-corrected chi connectivity index (χ2v) is 8.10. The summed E-state index contributed by atoms with van der Waals surface area (Å²) in [6.45, 7) is 6.38. The Kier molecular flexibility index (Phi) is 4.60. The zero-order chi connectivity index (χ0) is 17.7. The molecule has 3 aromatic rings. The Morgan fingerprint density at radius 2 is 2.12 bits per heavy atom. The number of hydrogen-bond donors (Lipinski definition) is 0. The first-order chi connectivity index (χ1) is 12.0. The van der Waals surface area contributed by atoms with Crippen LogP contribution in [-0.4, -0.2) is 55.4 Å². The van der Waals surface area contributed by atoms with Gasteiger partial charge in [-0.15, -0.1) is 10.2 Å². The normalized spacial score (nSPS) is 18.3. The molecule has 4 rings (SSSR count). The third kappa shape index (κ3) is 2.91. The van der Waals surface area contributed by atoms with Crippen LogP contribution >= 0.6 is 45.2 Å². The van der Waals surface area contributed by atoms with Gasteiger partial charge in [0.2, 0.25) is 0 Å². The lowest BCUT2D eigenvalue weighted by atomic mass is 10.1. The van der Waals surface area contributed by atoms with E-state index in [0.29, 0.717) is 13.2 Å². The molecule has 0 aromatic carbocycles. The highest BCUT2D eigenvalue weighted by molar-refractivity contribution is 14.1. The zero-order valence-corrected chi connectivity index (χ0v) is 18.4. The standard InChI is InChI=1S/C15H17I2N7O/c1-8-7-25-5-4-23(8)11-6-10(12-9(2)19-21-22(12)3)13-14(16)18-15(17)24(13)20-11/h6,8H,4-5,7H2,1-3H3/t8-/m1/s1. The lowest BCUT2D eigenvalue weighted by molar-refractivity contribution is 0.0984. The summed E-state index contributed by atoms with van der Waals surface area (Å²) in [5.74, 6) is 0.922. The molecule has 1 fully saturated rings. The Labute approximate surface area is 172 Å². The van der Waals surface area contributed by atoms with Crippen molar-refractivity contribution in [3.63, 3.8) is 0 Å². The maximum Gasteiger partial charge on any atom is 0.193 e. The SMILES string of the molecule is Cc1nnn(C)c1-c1cc(N2CCOC[C@H]2C)nn2c(I)nc(I)c12. The predicted molar refractivity (Wildman–Crippen MR) is 111 cm³/mol. The molecule has 8 nitrogen and oxygen atoms in total. The van der Waals surface area contributed by atoms with Gasteiger partial charge >= 0.3 is 0 Å². The number of ether oxygens (including phenoxy) is 1. The molecule has 4 heterocycles. The summed E-state index contributed by atoms with van der Waals surface area (Å²) in [5.41, 5.74) is 3.92. The van der Waals surface area contributed by atoms with Crippen LogP contribution in [0.1, 0.15) is 12.6 Å². The molecular formula is C15H17I2N7O. The lowest BCUT2D eigenvalue weighted by Gasteiger charge is -2.34. The maximum absolute atomic E-state index is 5.57. The highest BCUT2D eigenvalue weighted by Crippen LogP contribution is 2.33. The molecule has 0 N–H and O–H groups in total. The Bertz CT molecular complexity index is 932. The molecule has 0 saturated carbocycles. The summed E-state index contributed by atoms with van der Waals surface area (Å²) >= 11 is 4.49. The summed E-state index contributed by atoms with van der Waals surface area (Å²) in [6.07, 6.45) is 0. The summed E-state index contributed by atoms with van der Waals surface area (Å²) < 4.78 is 11.1. The minimum atomic E-state index is 0.276. The van der Waals surface area contributed by atoms with Gasteiger partial charge < -0.3 is 9.64 Å². The number of aromatic nitrogens is 6. The fraction of sp³-hybridized carbons (Fsp3) is 0.467. The van der Waals surface area contributed by atoms with Crippen LogP contribution in [0.15, 0.2) is 6.07 Å². The van der Waals surface area contributed by atoms with Crippen LogP contribution in [0, 0.1) is 14.5 Å². The van der Waals surface area contributed by atoms with Crippen LogP contribution in [-0.2, 0) is 11.8 Å². The smallest absolute Gasteiger partial charge is 0.193 e. The van der Waals surface area contributed by atoms with E-state index >= 15 is 0 Å². The van der Waals surface area contributed by atoms with Crippen molar-refractivity contribution in [3.05, 3.63) is 19.3 Å². The lowest BCUT2D eigenvalue weighted by Crippen LogP contribution is -2.44. The number of nitrogens with zero attached hydrogens (tertiary/aromatic N) is 7. The van der Waals surface area contributed by atoms with Crippen molar-refractivity contribution in [1.29, 1.82) is 0 Å². The molecule has 10 heteroatoms. The molecule has 0 aliphatic carbocycles. The molecule has 3 aromatic heterocycles. The van der Waals surface area contributed by atoms with E-state index in [9.17, 15) is 0 Å². The Hall–Kier alpha value is -1.02. The fourth-order valence-corrected chi connectivity index (χ4v) is 5.02. The minimum absolute atomic E-state index is 0.276. The monoisotopic (exact) mass is 565 g/mol. The van der Waals surface area contributed by atoms with Gasteiger partial charge in [-0.1, -0.05) is 5.21 Å². The Morgan fingerprint density at radius 3 is 2.80 bits per heavy atom. The number of hydrogen-bond acceptors (Lipinski definition) is 6. The van der Waals surface area contributed by atoms with Crippen LogP contribution < -0.4 is 4.90 Å². The molecule has 0 amide bonds. The van der Waals surface area contributed by atoms with Gasteiger partial charge in [0, 0.05) is 41.7 Å². The summed E-state index contributed by atoms with van der Waals surface area (Å²) in [5, 5.41) is 13.3. The van der Waals surface area contributed by atoms with E-state index in [0.717, 1.165) is 42.4 Å². The number of fused-ring (bicyclic) bond motifs is 1. The van der Waals surface area contributed by atoms with E-state index in [1.807, 2.05) is 23.2 Å². The molecule has 1 saturated heterocycles. The topological polar surface area (TPSA) is 73.4 Å². The fourth-order valence-electron chi connectivity index (χ4n) is 3.22. The van der Waals surface area contributed by atoms with Crippen molar-refractivity contribution in [2.24, 2.45) is 7.05 Å². The van der Waals surface area contributed by atoms with E-state index in [1.165, 1.54) is 0 Å². The number of aryl methyl sites for hydroxylation is 2. The van der Waals surface area contributed by atoms with E-state index in [2.05, 4.69) is 78.4 Å². The number of rotatable bonds is 2. The molecule has 0 radical (unpaired) electrons. The average Bonchev–Trinajstić information content (AvgIpc) is 3.06. The van der Waals surface area contributed by atoms with Crippen LogP contribution in [0.2, 0.25) is 0 Å². The highest BCUT2D eigenvalue weighted by Gasteiger charge is 2.25. The number of morpholine rings is 1. The summed E-state index contributed by atoms with van der Waals surface area (Å²) in [7, 11) is 1.91. The molecule has 1 aliphatic rings. The molecule has 0 unspecified atom stereocenters. The van der Waals surface area contributed by atoms with Crippen LogP contribution in [0.25, 0.3) is 16.8 Å². The van der Waals surface area contributed by atoms with Gasteiger partial charge in [-0.3, -0.25) is 0 Å². The van der Waals surface area contributed by atoms with Gasteiger partial charge in [-0.25, -0.2) is 14.2 Å². The molecule has 132 valence electrons. The third-order valence-corrected chi connectivity index (χ3v) is 5.87. The van der Waals surface area contributed by atoms with Gasteiger partial charge in [0.15, 0.2) is 9.65 Å². The van der Waals surface area contributed by atoms with E-state index < -0.39 is 0 Å². The van der Waals surface area contributed by atoms with Crippen LogP contribution in [0.5, 0.6) is 0 Å². The van der Waals surface area contributed by atoms with Crippen LogP contribution in [0.4, 0.5) is 5.82 Å². The first kappa shape index (κ1) is 17.4. The maximum atomic E-state index is 5.57. The third-order valence-electron chi connectivity index (χ3n) is 4.42. The van der Waals surface area contributed by atoms with Gasteiger partial charge in [-0.2, -0.15) is 0 Å². The number of halogens is 2. The Balaban J connectivity index is 2.00. The highest BCUT2D eigenvalue weighted by atomic mass is 127. The zero-order valence-electron chi connectivity index (χ0n) is 14.1. The van der Waals surface area contributed by atoms with Gasteiger partial charge in [0.25, 0.3) is 0 Å². The van der Waals surface area contributed by atoms with Crippen molar-refractivity contribution in [1.82, 2.24) is 29.6 Å². The van der Waals surface area contributed by atoms with E-state index in [4.69, 9.17) is 9.84 Å². The van der Waals surface area contributed by atoms with E-state index in [1.54, 1.807) is 0 Å². The molecule has 0 bridgehead atoms. The van der Waals surface area contributed by atoms with Gasteiger partial charge in [0.05, 0.1) is 30.6 Å². The summed E-state index contributed by atoms with van der Waals surface area (Å²) in [4.78, 5) is 6.89. The first-order valence-corrected chi connectivity index (χ1v) is 10.1. The second kappa shape index (κ2) is 6.61. The van der Waals surface area contributed by atoms with E-state index in [-0.39, 0.29) is 6.04 Å². The van der Waals surface area contributed by atoms with Gasteiger partial charge in [0.1, 0.15) is 9.22 Å². The summed E-state index contributed by atoms with van der Waals surface area (Å²) in [6, 6.07) is 2.40. The minimum Gasteiger partial charge on any atom is -0.377 e. The average molecular weight is 565 g/mol. The van der Waals surface area contributed by atoms with Crippen molar-refractivity contribution < 1.29 is 4.74 Å². The van der Waals surface area contributed by atoms with Crippen molar-refractivity contribution >= 4 is 56.5 Å². The molecule has 0 spiro atoms. The Morgan fingerprint density at radius 1 is 1.32 bits per heavy atom. The molecular weight excluding hydrogens is 548 g/mol. The number of anilines is 1. The van der Waals surface area contributed by atoms with Crippen molar-refractivity contribution in [2.45, 2.75) is 19.9 Å². The first-order valence-electron chi connectivity index (χ1n) is 7.93. The second-order valence-electron chi connectivity index (χ2n) is 6.11. The van der Waals surface area contributed by atoms with Gasteiger partial charge in [-0.05, 0) is 42.5 Å². The quantitative estimate of drug-likeness (QED) is 0.445. The molecule has 25 heavy (non-hydrogen) atoms. The molecule has 1 atom stereocenters. The predicted octanol–water partition coefficient (Wildman–Crippen LogP) is 2.27. The molecule has 1 aliphatic heterocycles. The van der Waals surface area contributed by atoms with Crippen molar-refractivity contribution in [2.75, 3.05) is 24.7 Å². The number of imidazole rings is 1.